The van der Waals surface area contributed by atoms with Crippen LogP contribution in [-0.4, -0.2) is 24.9 Å². The minimum absolute atomic E-state index is 0.0235. The van der Waals surface area contributed by atoms with E-state index in [9.17, 15) is 22.3 Å². The Bertz CT molecular complexity index is 562. The third-order valence-corrected chi connectivity index (χ3v) is 5.34. The molecule has 1 unspecified atom stereocenters. The van der Waals surface area contributed by atoms with Crippen molar-refractivity contribution in [3.63, 3.8) is 0 Å². The lowest BCUT2D eigenvalue weighted by molar-refractivity contribution is 0.0771. The standard InChI is InChI=1S/C14H20F2O3S/c1-4-13(11-6-5-10(15)9-12(11)16)20(18,19)8-7-14(2,3)17/h5-6,9,13,17H,4,7-8H2,1-3H3. The van der Waals surface area contributed by atoms with Crippen molar-refractivity contribution in [2.45, 2.75) is 44.5 Å². The maximum atomic E-state index is 13.7. The van der Waals surface area contributed by atoms with Crippen molar-refractivity contribution in [1.82, 2.24) is 0 Å². The van der Waals surface area contributed by atoms with Gasteiger partial charge in [0.15, 0.2) is 9.84 Å². The van der Waals surface area contributed by atoms with Gasteiger partial charge in [-0.2, -0.15) is 0 Å². The summed E-state index contributed by atoms with van der Waals surface area (Å²) in [6.07, 6.45) is 0.255. The van der Waals surface area contributed by atoms with Gasteiger partial charge in [-0.3, -0.25) is 0 Å². The Kier molecular flexibility index (Phi) is 5.27. The quantitative estimate of drug-likeness (QED) is 0.879. The minimum atomic E-state index is -3.62. The summed E-state index contributed by atoms with van der Waals surface area (Å²) in [5.74, 6) is -1.84. The van der Waals surface area contributed by atoms with E-state index in [0.29, 0.717) is 6.07 Å². The third-order valence-electron chi connectivity index (χ3n) is 3.11. The summed E-state index contributed by atoms with van der Waals surface area (Å²) in [6.45, 7) is 4.67. The molecule has 1 aromatic carbocycles. The fourth-order valence-electron chi connectivity index (χ4n) is 1.96. The Labute approximate surface area is 118 Å². The summed E-state index contributed by atoms with van der Waals surface area (Å²) in [4.78, 5) is 0. The second kappa shape index (κ2) is 6.18. The summed E-state index contributed by atoms with van der Waals surface area (Å²) in [7, 11) is -3.62. The maximum Gasteiger partial charge on any atom is 0.157 e. The molecular weight excluding hydrogens is 286 g/mol. The lowest BCUT2D eigenvalue weighted by Crippen LogP contribution is -2.26. The Morgan fingerprint density at radius 3 is 2.35 bits per heavy atom. The van der Waals surface area contributed by atoms with Gasteiger partial charge in [0.1, 0.15) is 11.6 Å². The lowest BCUT2D eigenvalue weighted by atomic mass is 10.1. The number of aliphatic hydroxyl groups is 1. The van der Waals surface area contributed by atoms with Crippen LogP contribution in [0.15, 0.2) is 18.2 Å². The zero-order valence-corrected chi connectivity index (χ0v) is 12.7. The summed E-state index contributed by atoms with van der Waals surface area (Å²) in [5, 5.41) is 8.59. The molecule has 0 aliphatic rings. The molecule has 6 heteroatoms. The largest absolute Gasteiger partial charge is 0.390 e. The van der Waals surface area contributed by atoms with Crippen LogP contribution in [0, 0.1) is 11.6 Å². The van der Waals surface area contributed by atoms with E-state index in [2.05, 4.69) is 0 Å². The van der Waals surface area contributed by atoms with E-state index in [1.54, 1.807) is 6.92 Å². The highest BCUT2D eigenvalue weighted by molar-refractivity contribution is 7.91. The van der Waals surface area contributed by atoms with Gasteiger partial charge in [0, 0.05) is 11.6 Å². The van der Waals surface area contributed by atoms with Crippen molar-refractivity contribution in [3.05, 3.63) is 35.4 Å². The highest BCUT2D eigenvalue weighted by Gasteiger charge is 2.29. The molecule has 0 radical (unpaired) electrons. The topological polar surface area (TPSA) is 54.4 Å². The number of sulfone groups is 1. The van der Waals surface area contributed by atoms with Crippen molar-refractivity contribution in [2.24, 2.45) is 0 Å². The van der Waals surface area contributed by atoms with Gasteiger partial charge in [-0.1, -0.05) is 13.0 Å². The van der Waals surface area contributed by atoms with E-state index < -0.39 is 32.3 Å². The molecule has 0 heterocycles. The predicted molar refractivity (Wildman–Crippen MR) is 74.1 cm³/mol. The van der Waals surface area contributed by atoms with E-state index in [1.807, 2.05) is 0 Å². The Morgan fingerprint density at radius 2 is 1.90 bits per heavy atom. The first-order valence-corrected chi connectivity index (χ1v) is 8.17. The van der Waals surface area contributed by atoms with Crippen LogP contribution in [-0.2, 0) is 9.84 Å². The summed E-state index contributed by atoms with van der Waals surface area (Å²) in [5.41, 5.74) is -1.13. The molecule has 20 heavy (non-hydrogen) atoms. The first-order chi connectivity index (χ1) is 9.07. The first kappa shape index (κ1) is 17.0. The van der Waals surface area contributed by atoms with Crippen LogP contribution >= 0.6 is 0 Å². The van der Waals surface area contributed by atoms with Gasteiger partial charge < -0.3 is 5.11 Å². The summed E-state index contributed by atoms with van der Waals surface area (Å²) >= 11 is 0. The van der Waals surface area contributed by atoms with E-state index in [0.717, 1.165) is 6.07 Å². The van der Waals surface area contributed by atoms with E-state index >= 15 is 0 Å². The van der Waals surface area contributed by atoms with Crippen LogP contribution in [0.5, 0.6) is 0 Å². The van der Waals surface area contributed by atoms with Crippen LogP contribution in [0.3, 0.4) is 0 Å². The second-order valence-corrected chi connectivity index (χ2v) is 7.80. The van der Waals surface area contributed by atoms with E-state index in [1.165, 1.54) is 19.9 Å². The van der Waals surface area contributed by atoms with Crippen LogP contribution < -0.4 is 0 Å². The predicted octanol–water partition coefficient (Wildman–Crippen LogP) is 2.99. The Morgan fingerprint density at radius 1 is 1.30 bits per heavy atom. The van der Waals surface area contributed by atoms with Crippen molar-refractivity contribution < 1.29 is 22.3 Å². The zero-order chi connectivity index (χ0) is 15.6. The number of hydrogen-bond donors (Lipinski definition) is 1. The van der Waals surface area contributed by atoms with Gasteiger partial charge in [-0.25, -0.2) is 17.2 Å². The van der Waals surface area contributed by atoms with Crippen molar-refractivity contribution in [2.75, 3.05) is 5.75 Å². The molecule has 0 spiro atoms. The monoisotopic (exact) mass is 306 g/mol. The number of benzene rings is 1. The smallest absolute Gasteiger partial charge is 0.157 e. The number of hydrogen-bond acceptors (Lipinski definition) is 3. The normalized spacial score (nSPS) is 14.3. The molecule has 0 aliphatic carbocycles. The maximum absolute atomic E-state index is 13.7. The van der Waals surface area contributed by atoms with E-state index in [-0.39, 0.29) is 24.2 Å². The van der Waals surface area contributed by atoms with E-state index in [4.69, 9.17) is 0 Å². The molecule has 0 fully saturated rings. The fraction of sp³-hybridized carbons (Fsp3) is 0.571. The average Bonchev–Trinajstić information content (AvgIpc) is 2.29. The van der Waals surface area contributed by atoms with Gasteiger partial charge in [-0.05, 0) is 32.8 Å². The van der Waals surface area contributed by atoms with Gasteiger partial charge in [0.2, 0.25) is 0 Å². The molecule has 0 aliphatic heterocycles. The molecule has 0 amide bonds. The SMILES string of the molecule is CCC(c1ccc(F)cc1F)S(=O)(=O)CCC(C)(C)O. The van der Waals surface area contributed by atoms with Gasteiger partial charge in [0.05, 0.1) is 16.6 Å². The van der Waals surface area contributed by atoms with Crippen molar-refractivity contribution in [1.29, 1.82) is 0 Å². The summed E-state index contributed by atoms with van der Waals surface area (Å²) in [6, 6.07) is 2.90. The zero-order valence-electron chi connectivity index (χ0n) is 11.9. The minimum Gasteiger partial charge on any atom is -0.390 e. The van der Waals surface area contributed by atoms with Gasteiger partial charge in [-0.15, -0.1) is 0 Å². The average molecular weight is 306 g/mol. The van der Waals surface area contributed by atoms with Crippen molar-refractivity contribution >= 4 is 9.84 Å². The molecule has 0 saturated carbocycles. The van der Waals surface area contributed by atoms with Crippen LogP contribution in [0.25, 0.3) is 0 Å². The highest BCUT2D eigenvalue weighted by Crippen LogP contribution is 2.30. The molecular formula is C14H20F2O3S. The van der Waals surface area contributed by atoms with Crippen LogP contribution in [0.4, 0.5) is 8.78 Å². The molecule has 114 valence electrons. The molecule has 1 rings (SSSR count). The molecule has 3 nitrogen and oxygen atoms in total. The fourth-order valence-corrected chi connectivity index (χ4v) is 4.12. The van der Waals surface area contributed by atoms with Crippen molar-refractivity contribution in [3.8, 4) is 0 Å². The molecule has 1 N–H and O–H groups in total. The lowest BCUT2D eigenvalue weighted by Gasteiger charge is -2.21. The number of rotatable bonds is 6. The second-order valence-electron chi connectivity index (χ2n) is 5.49. The van der Waals surface area contributed by atoms with Gasteiger partial charge in [0.25, 0.3) is 0 Å². The molecule has 0 aromatic heterocycles. The van der Waals surface area contributed by atoms with Crippen LogP contribution in [0.1, 0.15) is 44.4 Å². The Hall–Kier alpha value is -1.01. The molecule has 1 atom stereocenters. The molecule has 0 saturated heterocycles. The molecule has 0 bridgehead atoms. The highest BCUT2D eigenvalue weighted by atomic mass is 32.2. The summed E-state index contributed by atoms with van der Waals surface area (Å²) < 4.78 is 51.2. The third kappa shape index (κ3) is 4.52. The Balaban J connectivity index is 3.06. The van der Waals surface area contributed by atoms with Gasteiger partial charge >= 0.3 is 0 Å². The molecule has 1 aromatic rings. The number of halogens is 2. The van der Waals surface area contributed by atoms with Crippen LogP contribution in [0.2, 0.25) is 0 Å². The first-order valence-electron chi connectivity index (χ1n) is 6.45.